The van der Waals surface area contributed by atoms with Crippen molar-refractivity contribution in [3.8, 4) is 0 Å². The first-order chi connectivity index (χ1) is 16.9. The van der Waals surface area contributed by atoms with Crippen molar-refractivity contribution >= 4 is 34.9 Å². The number of anilines is 1. The van der Waals surface area contributed by atoms with E-state index in [4.69, 9.17) is 11.5 Å². The van der Waals surface area contributed by atoms with Crippen molar-refractivity contribution in [1.82, 2.24) is 14.6 Å². The number of nitrogens with zero attached hydrogens (tertiary/aromatic N) is 2. The molecule has 0 spiro atoms. The molecular weight excluding hydrogens is 469 g/mol. The van der Waals surface area contributed by atoms with Gasteiger partial charge in [0.2, 0.25) is 5.91 Å². The van der Waals surface area contributed by atoms with Crippen LogP contribution in [-0.2, 0) is 11.3 Å². The summed E-state index contributed by atoms with van der Waals surface area (Å²) in [5.41, 5.74) is 12.5. The Balaban J connectivity index is 1.74. The number of carbonyl (C=O) groups excluding carboxylic acids is 3. The number of rotatable bonds is 8. The molecule has 1 atom stereocenters. The topological polar surface area (TPSA) is 131 Å². The molecule has 8 nitrogen and oxygen atoms in total. The Bertz CT molecular complexity index is 1210. The fourth-order valence-electron chi connectivity index (χ4n) is 4.39. The second kappa shape index (κ2) is 10.6. The van der Waals surface area contributed by atoms with Crippen LogP contribution in [0.15, 0.2) is 54.6 Å². The third-order valence-electron chi connectivity index (χ3n) is 6.13. The van der Waals surface area contributed by atoms with Crippen molar-refractivity contribution < 1.29 is 18.8 Å². The highest BCUT2D eigenvalue weighted by molar-refractivity contribution is 7.09. The van der Waals surface area contributed by atoms with E-state index in [1.807, 2.05) is 30.3 Å². The summed E-state index contributed by atoms with van der Waals surface area (Å²) < 4.78 is 17.7. The summed E-state index contributed by atoms with van der Waals surface area (Å²) in [5, 5.41) is 2.92. The van der Waals surface area contributed by atoms with Gasteiger partial charge < -0.3 is 21.7 Å². The number of aromatic nitrogens is 1. The Hall–Kier alpha value is -3.79. The number of hydrogen-bond acceptors (Lipinski definition) is 6. The smallest absolute Gasteiger partial charge is 0.270 e. The highest BCUT2D eigenvalue weighted by Gasteiger charge is 2.39. The Morgan fingerprint density at radius 3 is 2.34 bits per heavy atom. The lowest BCUT2D eigenvalue weighted by Gasteiger charge is -2.36. The first kappa shape index (κ1) is 24.3. The number of carbonyl (C=O) groups is 3. The minimum absolute atomic E-state index is 0.0497. The first-order valence-corrected chi connectivity index (χ1v) is 12.1. The fourth-order valence-corrected chi connectivity index (χ4v) is 5.14. The maximum absolute atomic E-state index is 13.9. The molecule has 1 unspecified atom stereocenters. The van der Waals surface area contributed by atoms with E-state index < -0.39 is 29.6 Å². The summed E-state index contributed by atoms with van der Waals surface area (Å²) in [7, 11) is 0. The van der Waals surface area contributed by atoms with Crippen molar-refractivity contribution in [1.29, 1.82) is 0 Å². The second-order valence-electron chi connectivity index (χ2n) is 8.45. The molecule has 1 heterocycles. The van der Waals surface area contributed by atoms with Crippen LogP contribution >= 0.6 is 11.5 Å². The molecule has 0 aliphatic heterocycles. The quantitative estimate of drug-likeness (QED) is 0.441. The predicted molar refractivity (Wildman–Crippen MR) is 131 cm³/mol. The number of nitrogen functional groups attached to an aromatic ring is 1. The molecule has 10 heteroatoms. The molecule has 1 aliphatic rings. The summed E-state index contributed by atoms with van der Waals surface area (Å²) in [6.45, 7) is 0.262. The van der Waals surface area contributed by atoms with Gasteiger partial charge >= 0.3 is 0 Å². The van der Waals surface area contributed by atoms with E-state index in [0.717, 1.165) is 29.9 Å². The normalized spacial score (nSPS) is 14.4. The number of nitrogens with one attached hydrogen (secondary N) is 1. The molecule has 0 bridgehead atoms. The molecule has 0 saturated heterocycles. The van der Waals surface area contributed by atoms with Crippen molar-refractivity contribution in [2.45, 2.75) is 44.3 Å². The average molecular weight is 496 g/mol. The van der Waals surface area contributed by atoms with Crippen molar-refractivity contribution in [3.63, 3.8) is 0 Å². The average Bonchev–Trinajstić information content (AvgIpc) is 3.52. The minimum Gasteiger partial charge on any atom is -0.395 e. The molecule has 4 rings (SSSR count). The van der Waals surface area contributed by atoms with Crippen LogP contribution in [0.2, 0.25) is 0 Å². The molecule has 182 valence electrons. The van der Waals surface area contributed by atoms with Gasteiger partial charge in [-0.15, -0.1) is 0 Å². The largest absolute Gasteiger partial charge is 0.395 e. The van der Waals surface area contributed by atoms with Crippen LogP contribution < -0.4 is 16.8 Å². The van der Waals surface area contributed by atoms with Gasteiger partial charge in [-0.3, -0.25) is 14.4 Å². The van der Waals surface area contributed by atoms with Gasteiger partial charge in [-0.25, -0.2) is 4.39 Å². The summed E-state index contributed by atoms with van der Waals surface area (Å²) >= 11 is 0.778. The van der Waals surface area contributed by atoms with Crippen molar-refractivity contribution in [2.75, 3.05) is 5.73 Å². The highest BCUT2D eigenvalue weighted by atomic mass is 32.1. The van der Waals surface area contributed by atoms with Gasteiger partial charge in [0.25, 0.3) is 11.8 Å². The number of hydrogen-bond donors (Lipinski definition) is 3. The summed E-state index contributed by atoms with van der Waals surface area (Å²) in [5.74, 6) is -2.20. The summed E-state index contributed by atoms with van der Waals surface area (Å²) in [4.78, 5) is 40.7. The zero-order valence-corrected chi connectivity index (χ0v) is 19.8. The maximum Gasteiger partial charge on any atom is 0.270 e. The minimum atomic E-state index is -1.03. The summed E-state index contributed by atoms with van der Waals surface area (Å²) in [6, 6.07) is 13.6. The molecule has 0 radical (unpaired) electrons. The zero-order valence-electron chi connectivity index (χ0n) is 18.9. The van der Waals surface area contributed by atoms with Gasteiger partial charge in [0.1, 0.15) is 16.7 Å². The van der Waals surface area contributed by atoms with Crippen LogP contribution in [0.1, 0.15) is 63.0 Å². The van der Waals surface area contributed by atoms with E-state index in [1.165, 1.54) is 29.2 Å². The van der Waals surface area contributed by atoms with Gasteiger partial charge in [-0.2, -0.15) is 4.37 Å². The van der Waals surface area contributed by atoms with Crippen molar-refractivity contribution in [2.24, 2.45) is 5.73 Å². The van der Waals surface area contributed by atoms with E-state index in [9.17, 15) is 18.8 Å². The maximum atomic E-state index is 13.9. The third kappa shape index (κ3) is 5.32. The number of halogens is 1. The van der Waals surface area contributed by atoms with Gasteiger partial charge in [-0.1, -0.05) is 55.3 Å². The van der Waals surface area contributed by atoms with Crippen molar-refractivity contribution in [3.05, 3.63) is 82.1 Å². The van der Waals surface area contributed by atoms with E-state index in [1.54, 1.807) is 0 Å². The van der Waals surface area contributed by atoms with Gasteiger partial charge in [0.05, 0.1) is 5.69 Å². The van der Waals surface area contributed by atoms with E-state index in [2.05, 4.69) is 9.69 Å². The molecule has 3 amide bonds. The fraction of sp³-hybridized carbons (Fsp3) is 0.280. The molecule has 1 fully saturated rings. The lowest BCUT2D eigenvalue weighted by Crippen LogP contribution is -2.48. The molecular formula is C25H26FN5O3S. The van der Waals surface area contributed by atoms with Crippen LogP contribution in [-0.4, -0.2) is 33.0 Å². The second-order valence-corrected chi connectivity index (χ2v) is 9.22. The predicted octanol–water partition coefficient (Wildman–Crippen LogP) is 3.41. The van der Waals surface area contributed by atoms with E-state index >= 15 is 0 Å². The Morgan fingerprint density at radius 2 is 1.74 bits per heavy atom. The first-order valence-electron chi connectivity index (χ1n) is 11.3. The van der Waals surface area contributed by atoms with Crippen LogP contribution in [0.25, 0.3) is 0 Å². The SMILES string of the molecule is NC(=O)c1nsc(C(=O)N(C2CCCC2)C(C(=O)NCc2ccccc2)c2ccc(F)cc2)c1N. The van der Waals surface area contributed by atoms with Gasteiger partial charge in [0.15, 0.2) is 5.69 Å². The molecule has 5 N–H and O–H groups in total. The molecule has 35 heavy (non-hydrogen) atoms. The zero-order chi connectivity index (χ0) is 24.9. The summed E-state index contributed by atoms with van der Waals surface area (Å²) in [6.07, 6.45) is 3.22. The molecule has 3 aromatic rings. The highest BCUT2D eigenvalue weighted by Crippen LogP contribution is 2.35. The number of nitrogens with two attached hydrogens (primary N) is 2. The Kier molecular flexibility index (Phi) is 7.40. The molecule has 1 aliphatic carbocycles. The molecule has 2 aromatic carbocycles. The standard InChI is InChI=1S/C25H26FN5O3S/c26-17-12-10-16(11-13-17)21(24(33)29-14-15-6-2-1-3-7-15)31(18-8-4-5-9-18)25(34)22-19(27)20(23(28)32)30-35-22/h1-3,6-7,10-13,18,21H,4-5,8-9,14,27H2,(H2,28,32)(H,29,33). The molecule has 1 saturated carbocycles. The van der Waals surface area contributed by atoms with Crippen LogP contribution in [0, 0.1) is 5.82 Å². The number of amides is 3. The van der Waals surface area contributed by atoms with Crippen LogP contribution in [0.5, 0.6) is 0 Å². The van der Waals surface area contributed by atoms with Crippen LogP contribution in [0.4, 0.5) is 10.1 Å². The van der Waals surface area contributed by atoms with E-state index in [-0.39, 0.29) is 28.8 Å². The van der Waals surface area contributed by atoms with Crippen LogP contribution in [0.3, 0.4) is 0 Å². The lowest BCUT2D eigenvalue weighted by atomic mass is 10.00. The monoisotopic (exact) mass is 495 g/mol. The Labute approximate surface area is 206 Å². The van der Waals surface area contributed by atoms with E-state index in [0.29, 0.717) is 18.4 Å². The number of primary amides is 1. The third-order valence-corrected chi connectivity index (χ3v) is 6.98. The molecule has 1 aromatic heterocycles. The Morgan fingerprint density at radius 1 is 1.09 bits per heavy atom. The van der Waals surface area contributed by atoms with Gasteiger partial charge in [-0.05, 0) is 47.6 Å². The number of benzene rings is 2. The lowest BCUT2D eigenvalue weighted by molar-refractivity contribution is -0.126. The van der Waals surface area contributed by atoms with Gasteiger partial charge in [0, 0.05) is 12.6 Å².